The van der Waals surface area contributed by atoms with Gasteiger partial charge in [-0.25, -0.2) is 14.4 Å². The molecule has 0 spiro atoms. The van der Waals surface area contributed by atoms with E-state index in [1.807, 2.05) is 117 Å². The number of ether oxygens (including phenoxy) is 4. The normalized spacial score (nSPS) is 12.9. The van der Waals surface area contributed by atoms with Gasteiger partial charge in [0, 0.05) is 0 Å². The first-order chi connectivity index (χ1) is 28.4. The number of hydrogen-bond acceptors (Lipinski definition) is 9. The molecule has 3 atom stereocenters. The van der Waals surface area contributed by atoms with Gasteiger partial charge < -0.3 is 18.9 Å². The molecule has 0 radical (unpaired) electrons. The van der Waals surface area contributed by atoms with Crippen LogP contribution in [-0.4, -0.2) is 58.9 Å². The van der Waals surface area contributed by atoms with E-state index in [1.165, 1.54) is 0 Å². The lowest BCUT2D eigenvalue weighted by Crippen LogP contribution is -2.52. The Balaban J connectivity index is 1.53. The summed E-state index contributed by atoms with van der Waals surface area (Å²) in [6.07, 6.45) is -3.73. The van der Waals surface area contributed by atoms with Crippen molar-refractivity contribution in [3.63, 3.8) is 0 Å². The Kier molecular flexibility index (Phi) is 15.4. The van der Waals surface area contributed by atoms with Crippen LogP contribution in [0.3, 0.4) is 0 Å². The molecule has 3 unspecified atom stereocenters. The number of benzene rings is 6. The Morgan fingerprint density at radius 1 is 0.448 bits per heavy atom. The van der Waals surface area contributed by atoms with E-state index in [0.29, 0.717) is 22.6 Å². The van der Waals surface area contributed by atoms with Crippen LogP contribution in [0.4, 0.5) is 0 Å². The molecule has 0 aliphatic rings. The molecule has 6 aromatic carbocycles. The third-order valence-corrected chi connectivity index (χ3v) is 12.1. The summed E-state index contributed by atoms with van der Waals surface area (Å²) in [6.45, 7) is 3.75. The molecule has 0 heterocycles. The average molecular weight is 811 g/mol. The summed E-state index contributed by atoms with van der Waals surface area (Å²) in [4.78, 5) is 42.5. The molecule has 6 rings (SSSR count). The lowest BCUT2D eigenvalue weighted by Gasteiger charge is -2.40. The maximum absolute atomic E-state index is 14.2. The van der Waals surface area contributed by atoms with E-state index in [9.17, 15) is 14.4 Å². The smallest absolute Gasteiger partial charge is 0.338 e. The highest BCUT2D eigenvalue weighted by Gasteiger charge is 2.46. The molecule has 58 heavy (non-hydrogen) atoms. The Hall–Kier alpha value is -5.61. The van der Waals surface area contributed by atoms with E-state index in [1.54, 1.807) is 102 Å². The molecule has 0 aliphatic heterocycles. The van der Waals surface area contributed by atoms with E-state index in [0.717, 1.165) is 16.7 Å². The van der Waals surface area contributed by atoms with Gasteiger partial charge in [0.1, 0.15) is 5.60 Å². The minimum absolute atomic E-state index is 0.274. The van der Waals surface area contributed by atoms with Gasteiger partial charge in [0.2, 0.25) is 0 Å². The van der Waals surface area contributed by atoms with Crippen LogP contribution in [0.5, 0.6) is 0 Å². The van der Waals surface area contributed by atoms with Crippen molar-refractivity contribution in [3.8, 4) is 0 Å². The van der Waals surface area contributed by atoms with Crippen molar-refractivity contribution in [2.24, 2.45) is 0 Å². The third kappa shape index (κ3) is 10.5. The second-order valence-electron chi connectivity index (χ2n) is 13.2. The van der Waals surface area contributed by atoms with Crippen molar-refractivity contribution >= 4 is 41.4 Å². The van der Waals surface area contributed by atoms with E-state index in [4.69, 9.17) is 18.9 Å². The topological polar surface area (TPSA) is 88.1 Å². The fourth-order valence-electron chi connectivity index (χ4n) is 6.68. The van der Waals surface area contributed by atoms with E-state index < -0.39 is 46.4 Å². The first-order valence-corrected chi connectivity index (χ1v) is 21.4. The highest BCUT2D eigenvalue weighted by Crippen LogP contribution is 2.41. The quantitative estimate of drug-likeness (QED) is 0.0343. The first-order valence-electron chi connectivity index (χ1n) is 19.3. The molecule has 0 amide bonds. The summed E-state index contributed by atoms with van der Waals surface area (Å²) < 4.78 is 26.2. The minimum atomic E-state index is -1.34. The number of thioether (sulfide) groups is 2. The van der Waals surface area contributed by atoms with Crippen LogP contribution < -0.4 is 0 Å². The molecule has 0 aliphatic carbocycles. The summed E-state index contributed by atoms with van der Waals surface area (Å²) in [5, 5.41) is 0. The summed E-state index contributed by atoms with van der Waals surface area (Å²) in [5.74, 6) is -0.600. The second kappa shape index (κ2) is 21.2. The van der Waals surface area contributed by atoms with Gasteiger partial charge in [-0.2, -0.15) is 0 Å². The Morgan fingerprint density at radius 2 is 0.759 bits per heavy atom. The highest BCUT2D eigenvalue weighted by molar-refractivity contribution is 8.17. The van der Waals surface area contributed by atoms with Crippen LogP contribution in [0.25, 0.3) is 0 Å². The van der Waals surface area contributed by atoms with Crippen molar-refractivity contribution in [1.29, 1.82) is 0 Å². The lowest BCUT2D eigenvalue weighted by molar-refractivity contribution is -0.120. The van der Waals surface area contributed by atoms with Gasteiger partial charge in [-0.05, 0) is 64.6 Å². The second-order valence-corrected chi connectivity index (χ2v) is 16.3. The SMILES string of the molecule is CCSC(SCC)C(OC(=O)c1ccccc1)C(OC(=O)c1ccccc1)C(COC(c1ccccc1)(c1ccccc1)c1ccccc1)OC(=O)c1ccccc1. The van der Waals surface area contributed by atoms with E-state index >= 15 is 0 Å². The van der Waals surface area contributed by atoms with Gasteiger partial charge in [-0.15, -0.1) is 23.5 Å². The van der Waals surface area contributed by atoms with Crippen molar-refractivity contribution in [3.05, 3.63) is 215 Å². The van der Waals surface area contributed by atoms with Crippen LogP contribution in [0.15, 0.2) is 182 Å². The number of rotatable bonds is 19. The van der Waals surface area contributed by atoms with Crippen LogP contribution in [0.2, 0.25) is 0 Å². The molecule has 9 heteroatoms. The Morgan fingerprint density at radius 3 is 1.10 bits per heavy atom. The van der Waals surface area contributed by atoms with E-state index in [-0.39, 0.29) is 12.2 Å². The Bertz CT molecular complexity index is 2050. The number of carbonyl (C=O) groups is 3. The molecule has 0 N–H and O–H groups in total. The zero-order valence-corrected chi connectivity index (χ0v) is 34.1. The summed E-state index contributed by atoms with van der Waals surface area (Å²) in [6, 6.07) is 55.3. The molecule has 0 saturated heterocycles. The summed E-state index contributed by atoms with van der Waals surface area (Å²) in [7, 11) is 0. The maximum Gasteiger partial charge on any atom is 0.338 e. The monoisotopic (exact) mass is 810 g/mol. The fraction of sp³-hybridized carbons (Fsp3) is 0.204. The molecule has 6 aromatic rings. The Labute approximate surface area is 349 Å². The van der Waals surface area contributed by atoms with Gasteiger partial charge in [0.15, 0.2) is 18.3 Å². The number of esters is 3. The van der Waals surface area contributed by atoms with Crippen molar-refractivity contribution in [2.75, 3.05) is 18.1 Å². The summed E-state index contributed by atoms with van der Waals surface area (Å²) >= 11 is 3.12. The first kappa shape index (κ1) is 42.0. The van der Waals surface area contributed by atoms with Crippen molar-refractivity contribution < 1.29 is 33.3 Å². The predicted octanol–water partition coefficient (Wildman–Crippen LogP) is 10.5. The molecule has 296 valence electrons. The largest absolute Gasteiger partial charge is 0.453 e. The van der Waals surface area contributed by atoms with Gasteiger partial charge in [0.05, 0.1) is 27.9 Å². The third-order valence-electron chi connectivity index (χ3n) is 9.40. The maximum atomic E-state index is 14.2. The minimum Gasteiger partial charge on any atom is -0.453 e. The number of hydrogen-bond donors (Lipinski definition) is 0. The molecule has 0 fully saturated rings. The van der Waals surface area contributed by atoms with Crippen LogP contribution in [0, 0.1) is 0 Å². The van der Waals surface area contributed by atoms with Gasteiger partial charge in [-0.1, -0.05) is 159 Å². The summed E-state index contributed by atoms with van der Waals surface area (Å²) in [5.41, 5.74) is 2.16. The predicted molar refractivity (Wildman–Crippen MR) is 232 cm³/mol. The molecule has 0 aromatic heterocycles. The highest BCUT2D eigenvalue weighted by atomic mass is 32.2. The van der Waals surface area contributed by atoms with Crippen LogP contribution in [0.1, 0.15) is 61.6 Å². The molecule has 0 bridgehead atoms. The lowest BCUT2D eigenvalue weighted by atomic mass is 9.80. The van der Waals surface area contributed by atoms with Crippen molar-refractivity contribution in [1.82, 2.24) is 0 Å². The molecule has 7 nitrogen and oxygen atoms in total. The zero-order valence-electron chi connectivity index (χ0n) is 32.4. The molecular formula is C49H46O7S2. The van der Waals surface area contributed by atoms with Crippen molar-refractivity contribution in [2.45, 2.75) is 42.3 Å². The van der Waals surface area contributed by atoms with Crippen LogP contribution in [-0.2, 0) is 24.5 Å². The average Bonchev–Trinajstić information content (AvgIpc) is 3.29. The van der Waals surface area contributed by atoms with Gasteiger partial charge in [0.25, 0.3) is 0 Å². The molecular weight excluding hydrogens is 765 g/mol. The molecule has 0 saturated carbocycles. The van der Waals surface area contributed by atoms with Gasteiger partial charge >= 0.3 is 17.9 Å². The van der Waals surface area contributed by atoms with E-state index in [2.05, 4.69) is 0 Å². The zero-order chi connectivity index (χ0) is 40.6. The van der Waals surface area contributed by atoms with Gasteiger partial charge in [-0.3, -0.25) is 0 Å². The standard InChI is InChI=1S/C49H46O7S2/c1-3-57-48(58-4-2)44(56-47(52)38-27-15-7-16-28-38)43(55-46(51)37-25-13-6-14-26-37)42(54-45(50)36-23-11-5-12-24-36)35-53-49(39-29-17-8-18-30-39,40-31-19-9-20-32-40)41-33-21-10-22-34-41/h5-34,42-44,48H,3-4,35H2,1-2H3. The van der Waals surface area contributed by atoms with Crippen LogP contribution >= 0.6 is 23.5 Å². The fourth-order valence-corrected chi connectivity index (χ4v) is 9.34. The number of carbonyl (C=O) groups excluding carboxylic acids is 3.